The predicted octanol–water partition coefficient (Wildman–Crippen LogP) is 1.94. The first-order valence-electron chi connectivity index (χ1n) is 7.05. The fourth-order valence-electron chi connectivity index (χ4n) is 1.73. The van der Waals surface area contributed by atoms with E-state index >= 15 is 0 Å². The normalized spacial score (nSPS) is 11.5. The first-order chi connectivity index (χ1) is 9.87. The SMILES string of the molecule is COCCN(CCOC)c1ccc(N)c(OC(C)(C)C)n1. The van der Waals surface area contributed by atoms with E-state index in [2.05, 4.69) is 9.88 Å². The van der Waals surface area contributed by atoms with Gasteiger partial charge in [-0.05, 0) is 32.9 Å². The van der Waals surface area contributed by atoms with Crippen LogP contribution in [0.15, 0.2) is 12.1 Å². The number of pyridine rings is 1. The Hall–Kier alpha value is -1.53. The van der Waals surface area contributed by atoms with E-state index < -0.39 is 0 Å². The van der Waals surface area contributed by atoms with Gasteiger partial charge in [-0.25, -0.2) is 0 Å². The average molecular weight is 297 g/mol. The van der Waals surface area contributed by atoms with Crippen molar-refractivity contribution in [3.63, 3.8) is 0 Å². The Morgan fingerprint density at radius 2 is 1.67 bits per heavy atom. The molecule has 0 aliphatic rings. The van der Waals surface area contributed by atoms with Gasteiger partial charge in [-0.3, -0.25) is 0 Å². The molecular formula is C15H27N3O3. The Morgan fingerprint density at radius 1 is 1.10 bits per heavy atom. The van der Waals surface area contributed by atoms with Crippen LogP contribution in [0.3, 0.4) is 0 Å². The highest BCUT2D eigenvalue weighted by Crippen LogP contribution is 2.26. The van der Waals surface area contributed by atoms with Crippen molar-refractivity contribution in [1.82, 2.24) is 4.98 Å². The van der Waals surface area contributed by atoms with Gasteiger partial charge in [0.15, 0.2) is 0 Å². The fourth-order valence-corrected chi connectivity index (χ4v) is 1.73. The molecule has 0 aliphatic carbocycles. The molecule has 0 bridgehead atoms. The Bertz CT molecular complexity index is 425. The summed E-state index contributed by atoms with van der Waals surface area (Å²) in [5.41, 5.74) is 6.13. The van der Waals surface area contributed by atoms with Crippen LogP contribution in [0.25, 0.3) is 0 Å². The summed E-state index contributed by atoms with van der Waals surface area (Å²) >= 11 is 0. The van der Waals surface area contributed by atoms with E-state index in [-0.39, 0.29) is 5.60 Å². The second-order valence-electron chi connectivity index (χ2n) is 5.75. The van der Waals surface area contributed by atoms with Crippen molar-refractivity contribution in [3.05, 3.63) is 12.1 Å². The number of nitrogens with zero attached hydrogens (tertiary/aromatic N) is 2. The molecule has 0 atom stereocenters. The maximum absolute atomic E-state index is 5.94. The Morgan fingerprint density at radius 3 is 2.14 bits per heavy atom. The molecule has 0 unspecified atom stereocenters. The molecule has 21 heavy (non-hydrogen) atoms. The van der Waals surface area contributed by atoms with Crippen molar-refractivity contribution in [2.24, 2.45) is 0 Å². The van der Waals surface area contributed by atoms with Crippen molar-refractivity contribution in [1.29, 1.82) is 0 Å². The molecule has 0 saturated carbocycles. The molecule has 0 amide bonds. The monoisotopic (exact) mass is 297 g/mol. The largest absolute Gasteiger partial charge is 0.470 e. The van der Waals surface area contributed by atoms with Crippen LogP contribution in [0, 0.1) is 0 Å². The van der Waals surface area contributed by atoms with E-state index in [1.54, 1.807) is 14.2 Å². The van der Waals surface area contributed by atoms with Crippen LogP contribution in [-0.4, -0.2) is 51.1 Å². The fraction of sp³-hybridized carbons (Fsp3) is 0.667. The van der Waals surface area contributed by atoms with Gasteiger partial charge in [-0.15, -0.1) is 0 Å². The van der Waals surface area contributed by atoms with Gasteiger partial charge >= 0.3 is 0 Å². The van der Waals surface area contributed by atoms with Crippen LogP contribution in [-0.2, 0) is 9.47 Å². The van der Waals surface area contributed by atoms with Gasteiger partial charge in [0.25, 0.3) is 0 Å². The van der Waals surface area contributed by atoms with Crippen LogP contribution in [0.1, 0.15) is 20.8 Å². The number of aromatic nitrogens is 1. The second-order valence-corrected chi connectivity index (χ2v) is 5.75. The molecule has 0 radical (unpaired) electrons. The van der Waals surface area contributed by atoms with Gasteiger partial charge < -0.3 is 24.8 Å². The number of ether oxygens (including phenoxy) is 3. The molecule has 0 saturated heterocycles. The van der Waals surface area contributed by atoms with Gasteiger partial charge in [-0.2, -0.15) is 4.98 Å². The zero-order valence-corrected chi connectivity index (χ0v) is 13.7. The Kier molecular flexibility index (Phi) is 6.71. The molecule has 6 nitrogen and oxygen atoms in total. The number of hydrogen-bond donors (Lipinski definition) is 1. The van der Waals surface area contributed by atoms with Crippen molar-refractivity contribution in [2.75, 3.05) is 51.2 Å². The number of anilines is 2. The van der Waals surface area contributed by atoms with Crippen LogP contribution in [0.4, 0.5) is 11.5 Å². The molecular weight excluding hydrogens is 270 g/mol. The van der Waals surface area contributed by atoms with Crippen molar-refractivity contribution in [3.8, 4) is 5.88 Å². The lowest BCUT2D eigenvalue weighted by Crippen LogP contribution is -2.32. The van der Waals surface area contributed by atoms with E-state index in [0.717, 1.165) is 18.9 Å². The molecule has 2 N–H and O–H groups in total. The van der Waals surface area contributed by atoms with Crippen LogP contribution < -0.4 is 15.4 Å². The van der Waals surface area contributed by atoms with Crippen molar-refractivity contribution >= 4 is 11.5 Å². The topological polar surface area (TPSA) is 69.8 Å². The molecule has 0 spiro atoms. The number of nitrogen functional groups attached to an aromatic ring is 1. The first-order valence-corrected chi connectivity index (χ1v) is 7.05. The number of nitrogens with two attached hydrogens (primary N) is 1. The van der Waals surface area contributed by atoms with Crippen LogP contribution in [0.5, 0.6) is 5.88 Å². The quantitative estimate of drug-likeness (QED) is 0.791. The molecule has 0 fully saturated rings. The standard InChI is InChI=1S/C15H27N3O3/c1-15(2,3)21-14-12(16)6-7-13(17-14)18(8-10-19-4)9-11-20-5/h6-7H,8-11,16H2,1-5H3. The summed E-state index contributed by atoms with van der Waals surface area (Å²) in [6.07, 6.45) is 0. The summed E-state index contributed by atoms with van der Waals surface area (Å²) in [5, 5.41) is 0. The summed E-state index contributed by atoms with van der Waals surface area (Å²) < 4.78 is 16.1. The number of hydrogen-bond acceptors (Lipinski definition) is 6. The van der Waals surface area contributed by atoms with Crippen molar-refractivity contribution < 1.29 is 14.2 Å². The maximum atomic E-state index is 5.94. The third-order valence-corrected chi connectivity index (χ3v) is 2.73. The summed E-state index contributed by atoms with van der Waals surface area (Å²) in [5.74, 6) is 1.26. The highest BCUT2D eigenvalue weighted by atomic mass is 16.5. The minimum Gasteiger partial charge on any atom is -0.470 e. The summed E-state index contributed by atoms with van der Waals surface area (Å²) in [6, 6.07) is 3.70. The molecule has 1 heterocycles. The van der Waals surface area contributed by atoms with Crippen LogP contribution in [0.2, 0.25) is 0 Å². The predicted molar refractivity (Wildman–Crippen MR) is 85.0 cm³/mol. The van der Waals surface area contributed by atoms with Crippen LogP contribution >= 0.6 is 0 Å². The summed E-state index contributed by atoms with van der Waals surface area (Å²) in [6.45, 7) is 8.59. The maximum Gasteiger partial charge on any atom is 0.239 e. The van der Waals surface area contributed by atoms with E-state index in [1.807, 2.05) is 32.9 Å². The lowest BCUT2D eigenvalue weighted by molar-refractivity contribution is 0.125. The van der Waals surface area contributed by atoms with Gasteiger partial charge in [0.1, 0.15) is 11.4 Å². The summed E-state index contributed by atoms with van der Waals surface area (Å²) in [7, 11) is 3.36. The van der Waals surface area contributed by atoms with Gasteiger partial charge in [0.05, 0.1) is 18.9 Å². The number of methoxy groups -OCH3 is 2. The molecule has 0 aromatic carbocycles. The van der Waals surface area contributed by atoms with Gasteiger partial charge in [-0.1, -0.05) is 0 Å². The van der Waals surface area contributed by atoms with E-state index in [9.17, 15) is 0 Å². The van der Waals surface area contributed by atoms with Crippen molar-refractivity contribution in [2.45, 2.75) is 26.4 Å². The average Bonchev–Trinajstić information content (AvgIpc) is 2.40. The van der Waals surface area contributed by atoms with Gasteiger partial charge in [0, 0.05) is 27.3 Å². The molecule has 1 rings (SSSR count). The molecule has 1 aromatic rings. The lowest BCUT2D eigenvalue weighted by atomic mass is 10.2. The smallest absolute Gasteiger partial charge is 0.239 e. The van der Waals surface area contributed by atoms with E-state index in [0.29, 0.717) is 24.8 Å². The molecule has 0 aliphatic heterocycles. The van der Waals surface area contributed by atoms with E-state index in [4.69, 9.17) is 19.9 Å². The first kappa shape index (κ1) is 17.5. The Labute approximate surface area is 127 Å². The third kappa shape index (κ3) is 6.18. The third-order valence-electron chi connectivity index (χ3n) is 2.73. The number of rotatable bonds is 8. The molecule has 120 valence electrons. The summed E-state index contributed by atoms with van der Waals surface area (Å²) in [4.78, 5) is 6.62. The minimum absolute atomic E-state index is 0.344. The Balaban J connectivity index is 2.94. The van der Waals surface area contributed by atoms with Gasteiger partial charge in [0.2, 0.25) is 5.88 Å². The molecule has 1 aromatic heterocycles. The molecule has 6 heteroatoms. The zero-order valence-electron chi connectivity index (χ0n) is 13.7. The minimum atomic E-state index is -0.344. The highest BCUT2D eigenvalue weighted by Gasteiger charge is 2.17. The van der Waals surface area contributed by atoms with E-state index in [1.165, 1.54) is 0 Å². The zero-order chi connectivity index (χ0) is 15.9. The second kappa shape index (κ2) is 8.05. The lowest BCUT2D eigenvalue weighted by Gasteiger charge is -2.26. The highest BCUT2D eigenvalue weighted by molar-refractivity contribution is 5.54.